The number of amides is 1. The molecule has 0 atom stereocenters. The van der Waals surface area contributed by atoms with Crippen LogP contribution >= 0.6 is 0 Å². The molecule has 1 amide bonds. The number of aromatic carboxylic acids is 1. The van der Waals surface area contributed by atoms with E-state index in [1.807, 2.05) is 0 Å². The summed E-state index contributed by atoms with van der Waals surface area (Å²) in [4.78, 5) is 26.2. The standard InChI is InChI=1S/C11H7F3N4O3/c12-11(13,14)5-1-2-6(10(20)21)7(3-5)17-9(19)8-15-4-16-18-8/h1-4H,(H,17,19)(H,20,21)(H,15,16,18). The number of anilines is 1. The van der Waals surface area contributed by atoms with E-state index in [0.29, 0.717) is 12.1 Å². The van der Waals surface area contributed by atoms with Crippen LogP contribution in [0.5, 0.6) is 0 Å². The van der Waals surface area contributed by atoms with Gasteiger partial charge in [0, 0.05) is 0 Å². The lowest BCUT2D eigenvalue weighted by Gasteiger charge is -2.11. The zero-order valence-electron chi connectivity index (χ0n) is 10.1. The van der Waals surface area contributed by atoms with E-state index in [4.69, 9.17) is 5.11 Å². The zero-order valence-corrected chi connectivity index (χ0v) is 10.1. The number of carbonyl (C=O) groups excluding carboxylic acids is 1. The minimum absolute atomic E-state index is 0.260. The molecule has 2 rings (SSSR count). The molecular weight excluding hydrogens is 293 g/mol. The summed E-state index contributed by atoms with van der Waals surface area (Å²) in [7, 11) is 0. The van der Waals surface area contributed by atoms with Gasteiger partial charge in [-0.2, -0.15) is 18.3 Å². The molecule has 0 fully saturated rings. The molecule has 1 aromatic carbocycles. The van der Waals surface area contributed by atoms with Gasteiger partial charge in [0.15, 0.2) is 0 Å². The van der Waals surface area contributed by atoms with Crippen molar-refractivity contribution in [2.24, 2.45) is 0 Å². The van der Waals surface area contributed by atoms with Crippen LogP contribution < -0.4 is 5.32 Å². The Bertz CT molecular complexity index is 683. The minimum Gasteiger partial charge on any atom is -0.478 e. The molecule has 3 N–H and O–H groups in total. The maximum absolute atomic E-state index is 12.6. The third-order valence-corrected chi connectivity index (χ3v) is 2.46. The Hall–Kier alpha value is -2.91. The summed E-state index contributed by atoms with van der Waals surface area (Å²) in [5.74, 6) is -2.64. The molecule has 0 spiro atoms. The monoisotopic (exact) mass is 300 g/mol. The van der Waals surface area contributed by atoms with Crippen molar-refractivity contribution in [2.45, 2.75) is 6.18 Å². The minimum atomic E-state index is -4.66. The summed E-state index contributed by atoms with van der Waals surface area (Å²) < 4.78 is 37.9. The molecule has 0 unspecified atom stereocenters. The van der Waals surface area contributed by atoms with Crippen LogP contribution in [0.4, 0.5) is 18.9 Å². The van der Waals surface area contributed by atoms with Crippen molar-refractivity contribution < 1.29 is 27.9 Å². The highest BCUT2D eigenvalue weighted by Crippen LogP contribution is 2.32. The molecule has 0 aliphatic heterocycles. The number of H-pyrrole nitrogens is 1. The van der Waals surface area contributed by atoms with Gasteiger partial charge in [-0.15, -0.1) is 0 Å². The molecule has 0 aliphatic carbocycles. The molecule has 0 aliphatic rings. The molecule has 1 heterocycles. The topological polar surface area (TPSA) is 108 Å². The second kappa shape index (κ2) is 5.23. The van der Waals surface area contributed by atoms with Crippen LogP contribution in [0, 0.1) is 0 Å². The van der Waals surface area contributed by atoms with Crippen molar-refractivity contribution in [3.63, 3.8) is 0 Å². The molecule has 21 heavy (non-hydrogen) atoms. The van der Waals surface area contributed by atoms with Gasteiger partial charge < -0.3 is 10.4 Å². The first-order valence-corrected chi connectivity index (χ1v) is 5.40. The fraction of sp³-hybridized carbons (Fsp3) is 0.0909. The van der Waals surface area contributed by atoms with Gasteiger partial charge in [0.2, 0.25) is 5.82 Å². The van der Waals surface area contributed by atoms with Gasteiger partial charge in [0.25, 0.3) is 5.91 Å². The summed E-state index contributed by atoms with van der Waals surface area (Å²) in [6.07, 6.45) is -3.64. The van der Waals surface area contributed by atoms with Crippen molar-refractivity contribution in [1.82, 2.24) is 15.2 Å². The maximum atomic E-state index is 12.6. The molecule has 1 aromatic heterocycles. The SMILES string of the molecule is O=C(Nc1cc(C(F)(F)F)ccc1C(=O)O)c1ncn[nH]1. The molecule has 0 radical (unpaired) electrons. The Morgan fingerprint density at radius 3 is 2.52 bits per heavy atom. The van der Waals surface area contributed by atoms with E-state index in [2.05, 4.69) is 20.5 Å². The lowest BCUT2D eigenvalue weighted by molar-refractivity contribution is -0.137. The third-order valence-electron chi connectivity index (χ3n) is 2.46. The Morgan fingerprint density at radius 2 is 2.00 bits per heavy atom. The van der Waals surface area contributed by atoms with Crippen LogP contribution in [0.2, 0.25) is 0 Å². The maximum Gasteiger partial charge on any atom is 0.416 e. The van der Waals surface area contributed by atoms with E-state index in [0.717, 1.165) is 12.4 Å². The van der Waals surface area contributed by atoms with E-state index in [1.54, 1.807) is 0 Å². The molecule has 0 bridgehead atoms. The second-order valence-corrected chi connectivity index (χ2v) is 3.85. The fourth-order valence-corrected chi connectivity index (χ4v) is 1.51. The normalized spacial score (nSPS) is 11.2. The van der Waals surface area contributed by atoms with Gasteiger partial charge in [-0.3, -0.25) is 9.89 Å². The van der Waals surface area contributed by atoms with Gasteiger partial charge in [-0.1, -0.05) is 0 Å². The number of hydrogen-bond acceptors (Lipinski definition) is 4. The van der Waals surface area contributed by atoms with E-state index >= 15 is 0 Å². The Kier molecular flexibility index (Phi) is 3.61. The van der Waals surface area contributed by atoms with Crippen molar-refractivity contribution in [3.8, 4) is 0 Å². The number of hydrogen-bond donors (Lipinski definition) is 3. The highest BCUT2D eigenvalue weighted by atomic mass is 19.4. The highest BCUT2D eigenvalue weighted by molar-refractivity contribution is 6.05. The smallest absolute Gasteiger partial charge is 0.416 e. The average Bonchev–Trinajstić information content (AvgIpc) is 2.91. The number of alkyl halides is 3. The Balaban J connectivity index is 2.39. The number of rotatable bonds is 3. The number of carbonyl (C=O) groups is 2. The molecular formula is C11H7F3N4O3. The van der Waals surface area contributed by atoms with Crippen molar-refractivity contribution in [2.75, 3.05) is 5.32 Å². The first-order valence-electron chi connectivity index (χ1n) is 5.40. The van der Waals surface area contributed by atoms with Crippen LogP contribution in [0.3, 0.4) is 0 Å². The summed E-state index contributed by atoms with van der Waals surface area (Å²) in [5.41, 5.74) is -2.05. The molecule has 10 heteroatoms. The van der Waals surface area contributed by atoms with Crippen molar-refractivity contribution in [3.05, 3.63) is 41.5 Å². The fourth-order valence-electron chi connectivity index (χ4n) is 1.51. The van der Waals surface area contributed by atoms with Crippen LogP contribution in [-0.2, 0) is 6.18 Å². The van der Waals surface area contributed by atoms with Gasteiger partial charge >= 0.3 is 12.1 Å². The summed E-state index contributed by atoms with van der Waals surface area (Å²) >= 11 is 0. The lowest BCUT2D eigenvalue weighted by atomic mass is 10.1. The molecule has 0 saturated heterocycles. The Labute approximate surface area is 114 Å². The zero-order chi connectivity index (χ0) is 15.6. The number of aromatic nitrogens is 3. The number of benzene rings is 1. The number of halogens is 3. The first-order chi connectivity index (χ1) is 9.79. The number of carboxylic acids is 1. The van der Waals surface area contributed by atoms with Gasteiger partial charge in [-0.25, -0.2) is 9.78 Å². The number of nitrogens with zero attached hydrogens (tertiary/aromatic N) is 2. The average molecular weight is 300 g/mol. The second-order valence-electron chi connectivity index (χ2n) is 3.85. The van der Waals surface area contributed by atoms with Crippen LogP contribution in [0.25, 0.3) is 0 Å². The number of nitrogens with one attached hydrogen (secondary N) is 2. The summed E-state index contributed by atoms with van der Waals surface area (Å²) in [6, 6.07) is 1.92. The summed E-state index contributed by atoms with van der Waals surface area (Å²) in [5, 5.41) is 16.6. The van der Waals surface area contributed by atoms with Gasteiger partial charge in [-0.05, 0) is 18.2 Å². The van der Waals surface area contributed by atoms with Crippen LogP contribution in [-0.4, -0.2) is 32.2 Å². The van der Waals surface area contributed by atoms with E-state index in [1.165, 1.54) is 0 Å². The predicted molar refractivity (Wildman–Crippen MR) is 62.7 cm³/mol. The van der Waals surface area contributed by atoms with Gasteiger partial charge in [0.05, 0.1) is 16.8 Å². The number of carboxylic acid groups (broad SMARTS) is 1. The van der Waals surface area contributed by atoms with Crippen molar-refractivity contribution >= 4 is 17.6 Å². The molecule has 110 valence electrons. The number of aromatic amines is 1. The highest BCUT2D eigenvalue weighted by Gasteiger charge is 2.32. The summed E-state index contributed by atoms with van der Waals surface area (Å²) in [6.45, 7) is 0. The lowest BCUT2D eigenvalue weighted by Crippen LogP contribution is -2.17. The quantitative estimate of drug-likeness (QED) is 0.800. The molecule has 0 saturated carbocycles. The van der Waals surface area contributed by atoms with E-state index < -0.39 is 34.9 Å². The van der Waals surface area contributed by atoms with E-state index in [9.17, 15) is 22.8 Å². The third kappa shape index (κ3) is 3.16. The van der Waals surface area contributed by atoms with Crippen LogP contribution in [0.15, 0.2) is 24.5 Å². The molecule has 2 aromatic rings. The molecule has 7 nitrogen and oxygen atoms in total. The van der Waals surface area contributed by atoms with Crippen LogP contribution in [0.1, 0.15) is 26.5 Å². The Morgan fingerprint density at radius 1 is 1.29 bits per heavy atom. The predicted octanol–water partition coefficient (Wildman–Crippen LogP) is 1.77. The first kappa shape index (κ1) is 14.5. The largest absolute Gasteiger partial charge is 0.478 e. The van der Waals surface area contributed by atoms with Crippen molar-refractivity contribution in [1.29, 1.82) is 0 Å². The van der Waals surface area contributed by atoms with E-state index in [-0.39, 0.29) is 5.82 Å². The van der Waals surface area contributed by atoms with Gasteiger partial charge in [0.1, 0.15) is 6.33 Å².